The van der Waals surface area contributed by atoms with Gasteiger partial charge in [0.05, 0.1) is 18.9 Å². The van der Waals surface area contributed by atoms with Crippen molar-refractivity contribution in [3.63, 3.8) is 0 Å². The number of H-pyrrole nitrogens is 1. The van der Waals surface area contributed by atoms with E-state index in [-0.39, 0.29) is 17.1 Å². The van der Waals surface area contributed by atoms with Gasteiger partial charge in [-0.25, -0.2) is 9.78 Å². The van der Waals surface area contributed by atoms with Crippen LogP contribution in [0.4, 0.5) is 10.7 Å². The maximum atomic E-state index is 13.5. The minimum atomic E-state index is -0.515. The average Bonchev–Trinajstić information content (AvgIpc) is 3.31. The zero-order valence-corrected chi connectivity index (χ0v) is 18.4. The summed E-state index contributed by atoms with van der Waals surface area (Å²) in [4.78, 5) is 39.1. The van der Waals surface area contributed by atoms with Gasteiger partial charge in [0.2, 0.25) is 5.95 Å². The average molecular weight is 431 g/mol. The van der Waals surface area contributed by atoms with Crippen molar-refractivity contribution in [2.45, 2.75) is 57.5 Å². The van der Waals surface area contributed by atoms with Crippen molar-refractivity contribution in [3.05, 3.63) is 21.6 Å². The second kappa shape index (κ2) is 7.22. The number of fused-ring (bicyclic) bond motifs is 3. The summed E-state index contributed by atoms with van der Waals surface area (Å²) >= 11 is 0. The van der Waals surface area contributed by atoms with Crippen LogP contribution in [0.25, 0.3) is 5.78 Å². The van der Waals surface area contributed by atoms with Crippen molar-refractivity contribution in [1.82, 2.24) is 24.5 Å². The molecule has 0 atom stereocenters. The Labute approximate surface area is 180 Å². The largest absolute Gasteiger partial charge is 0.444 e. The Kier molecular flexibility index (Phi) is 4.72. The van der Waals surface area contributed by atoms with Crippen molar-refractivity contribution in [1.29, 1.82) is 0 Å². The topological polar surface area (TPSA) is 105 Å². The highest BCUT2D eigenvalue weighted by molar-refractivity contribution is 5.68. The molecule has 1 N–H and O–H groups in total. The molecule has 10 heteroatoms. The summed E-state index contributed by atoms with van der Waals surface area (Å²) in [6, 6.07) is 0. The van der Waals surface area contributed by atoms with Gasteiger partial charge in [-0.15, -0.1) is 0 Å². The van der Waals surface area contributed by atoms with Gasteiger partial charge in [-0.3, -0.25) is 9.89 Å². The number of aromatic amines is 1. The van der Waals surface area contributed by atoms with E-state index in [2.05, 4.69) is 15.0 Å². The fraction of sp³-hybridized carbons (Fsp3) is 0.714. The van der Waals surface area contributed by atoms with Crippen molar-refractivity contribution in [2.24, 2.45) is 0 Å². The Bertz CT molecular complexity index is 1050. The van der Waals surface area contributed by atoms with Gasteiger partial charge in [-0.05, 0) is 46.5 Å². The number of anilines is 1. The highest BCUT2D eigenvalue weighted by atomic mass is 16.6. The molecular weight excluding hydrogens is 400 g/mol. The van der Waals surface area contributed by atoms with Crippen molar-refractivity contribution in [2.75, 3.05) is 44.3 Å². The first-order valence-corrected chi connectivity index (χ1v) is 11.1. The molecule has 2 saturated heterocycles. The summed E-state index contributed by atoms with van der Waals surface area (Å²) in [6.45, 7) is 9.54. The zero-order valence-electron chi connectivity index (χ0n) is 18.4. The van der Waals surface area contributed by atoms with E-state index >= 15 is 0 Å². The van der Waals surface area contributed by atoms with Crippen LogP contribution in [-0.2, 0) is 21.3 Å². The van der Waals surface area contributed by atoms with Crippen molar-refractivity contribution in [3.8, 4) is 0 Å². The Morgan fingerprint density at radius 3 is 2.48 bits per heavy atom. The third-order valence-corrected chi connectivity index (χ3v) is 6.61. The van der Waals surface area contributed by atoms with Crippen LogP contribution in [0.2, 0.25) is 0 Å². The highest BCUT2D eigenvalue weighted by Crippen LogP contribution is 2.44. The lowest BCUT2D eigenvalue weighted by Crippen LogP contribution is -2.47. The fourth-order valence-electron chi connectivity index (χ4n) is 5.01. The quantitative estimate of drug-likeness (QED) is 0.730. The molecule has 2 aromatic heterocycles. The summed E-state index contributed by atoms with van der Waals surface area (Å²) in [5, 5.41) is 3.15. The van der Waals surface area contributed by atoms with E-state index in [0.717, 1.165) is 50.0 Å². The summed E-state index contributed by atoms with van der Waals surface area (Å²) in [5.74, 6) is 1.08. The molecule has 0 saturated carbocycles. The molecule has 31 heavy (non-hydrogen) atoms. The number of hydrogen-bond donors (Lipinski definition) is 1. The van der Waals surface area contributed by atoms with Crippen LogP contribution in [0.3, 0.4) is 0 Å². The third kappa shape index (κ3) is 3.56. The molecule has 2 fully saturated rings. The summed E-state index contributed by atoms with van der Waals surface area (Å²) in [5.41, 5.74) is 0.847. The zero-order chi connectivity index (χ0) is 21.8. The monoisotopic (exact) mass is 430 g/mol. The minimum Gasteiger partial charge on any atom is -0.444 e. The van der Waals surface area contributed by atoms with E-state index in [4.69, 9.17) is 14.5 Å². The van der Waals surface area contributed by atoms with Crippen LogP contribution in [0.1, 0.15) is 51.3 Å². The van der Waals surface area contributed by atoms with Gasteiger partial charge in [0.25, 0.3) is 11.3 Å². The molecule has 0 bridgehead atoms. The first-order valence-electron chi connectivity index (χ1n) is 11.1. The molecule has 0 aromatic carbocycles. The van der Waals surface area contributed by atoms with Crippen LogP contribution < -0.4 is 10.5 Å². The van der Waals surface area contributed by atoms with Crippen LogP contribution in [0.15, 0.2) is 4.79 Å². The Morgan fingerprint density at radius 1 is 1.10 bits per heavy atom. The third-order valence-electron chi connectivity index (χ3n) is 6.61. The van der Waals surface area contributed by atoms with Gasteiger partial charge in [0.15, 0.2) is 0 Å². The van der Waals surface area contributed by atoms with Gasteiger partial charge >= 0.3 is 6.09 Å². The van der Waals surface area contributed by atoms with E-state index in [0.29, 0.717) is 38.0 Å². The summed E-state index contributed by atoms with van der Waals surface area (Å²) < 4.78 is 12.4. The van der Waals surface area contributed by atoms with Crippen LogP contribution in [0, 0.1) is 0 Å². The number of morpholine rings is 1. The first kappa shape index (κ1) is 20.3. The summed E-state index contributed by atoms with van der Waals surface area (Å²) in [6.07, 6.45) is 2.86. The van der Waals surface area contributed by atoms with Gasteiger partial charge in [0, 0.05) is 37.2 Å². The Morgan fingerprint density at radius 2 is 1.81 bits per heavy atom. The molecule has 2 aromatic rings. The van der Waals surface area contributed by atoms with Crippen molar-refractivity contribution >= 4 is 17.8 Å². The molecule has 10 nitrogen and oxygen atoms in total. The molecular formula is C21H30N6O4. The number of aryl methyl sites for hydroxylation is 1. The number of nitrogens with one attached hydrogen (secondary N) is 1. The van der Waals surface area contributed by atoms with Gasteiger partial charge < -0.3 is 19.3 Å². The highest BCUT2D eigenvalue weighted by Gasteiger charge is 2.46. The smallest absolute Gasteiger partial charge is 0.410 e. The standard InChI is InChI=1S/C21H30N6O4/c1-20(2,3)31-19(29)26-8-6-21(7-9-26)5-4-14-15(21)16(28)27-17(22-14)23-18(24-27)25-10-12-30-13-11-25/h4-13H2,1-3H3,(H,22,23,24). The van der Waals surface area contributed by atoms with E-state index < -0.39 is 5.60 Å². The lowest BCUT2D eigenvalue weighted by atomic mass is 9.74. The molecule has 0 radical (unpaired) electrons. The maximum Gasteiger partial charge on any atom is 0.410 e. The summed E-state index contributed by atoms with van der Waals surface area (Å²) in [7, 11) is 0. The van der Waals surface area contributed by atoms with E-state index in [1.54, 1.807) is 4.90 Å². The second-order valence-electron chi connectivity index (χ2n) is 9.77. The van der Waals surface area contributed by atoms with Crippen LogP contribution >= 0.6 is 0 Å². The number of hydrogen-bond acceptors (Lipinski definition) is 7. The number of aromatic nitrogens is 4. The van der Waals surface area contributed by atoms with Crippen LogP contribution in [0.5, 0.6) is 0 Å². The van der Waals surface area contributed by atoms with Crippen molar-refractivity contribution < 1.29 is 14.3 Å². The molecule has 2 aliphatic heterocycles. The Balaban J connectivity index is 1.41. The van der Waals surface area contributed by atoms with Gasteiger partial charge in [0.1, 0.15) is 5.60 Å². The number of amides is 1. The number of ether oxygens (including phenoxy) is 2. The SMILES string of the molecule is CC(C)(C)OC(=O)N1CCC2(CCc3nc4nc(N5CCOCC5)[nH]n4c(=O)c32)CC1. The molecule has 1 aliphatic carbocycles. The van der Waals surface area contributed by atoms with Crippen LogP contribution in [-0.4, -0.2) is 75.6 Å². The van der Waals surface area contributed by atoms with Gasteiger partial charge in [-0.2, -0.15) is 9.50 Å². The first-order chi connectivity index (χ1) is 14.8. The van der Waals surface area contributed by atoms with E-state index in [1.165, 1.54) is 4.52 Å². The Hall–Kier alpha value is -2.62. The molecule has 0 unspecified atom stereocenters. The molecule has 168 valence electrons. The second-order valence-corrected chi connectivity index (χ2v) is 9.77. The molecule has 4 heterocycles. The predicted octanol–water partition coefficient (Wildman–Crippen LogP) is 1.47. The van der Waals surface area contributed by atoms with Gasteiger partial charge in [-0.1, -0.05) is 0 Å². The van der Waals surface area contributed by atoms with E-state index in [9.17, 15) is 9.59 Å². The number of carbonyl (C=O) groups excluding carboxylic acids is 1. The molecule has 1 spiro atoms. The number of rotatable bonds is 1. The molecule has 3 aliphatic rings. The minimum absolute atomic E-state index is 0.0600. The van der Waals surface area contributed by atoms with E-state index in [1.807, 2.05) is 20.8 Å². The maximum absolute atomic E-state index is 13.5. The number of nitrogens with zero attached hydrogens (tertiary/aromatic N) is 5. The predicted molar refractivity (Wildman–Crippen MR) is 114 cm³/mol. The fourth-order valence-corrected chi connectivity index (χ4v) is 5.01. The lowest BCUT2D eigenvalue weighted by Gasteiger charge is -2.39. The number of likely N-dealkylation sites (tertiary alicyclic amines) is 1. The number of carbonyl (C=O) groups is 1. The molecule has 1 amide bonds. The lowest BCUT2D eigenvalue weighted by molar-refractivity contribution is 0.0163. The number of piperidine rings is 1. The molecule has 5 rings (SSSR count). The normalized spacial score (nSPS) is 21.0.